The highest BCUT2D eigenvalue weighted by Crippen LogP contribution is 2.16. The molecule has 0 aliphatic rings. The third kappa shape index (κ3) is 5.05. The van der Waals surface area contributed by atoms with Gasteiger partial charge in [0.25, 0.3) is 0 Å². The van der Waals surface area contributed by atoms with Gasteiger partial charge in [0, 0.05) is 24.6 Å². The molecule has 0 aromatic heterocycles. The second kappa shape index (κ2) is 6.84. The van der Waals surface area contributed by atoms with Crippen LogP contribution >= 0.6 is 0 Å². The summed E-state index contributed by atoms with van der Waals surface area (Å²) in [5.41, 5.74) is 5.21. The van der Waals surface area contributed by atoms with E-state index in [0.717, 1.165) is 6.07 Å². The van der Waals surface area contributed by atoms with E-state index in [0.29, 0.717) is 6.54 Å². The summed E-state index contributed by atoms with van der Waals surface area (Å²) in [5, 5.41) is 5.50. The van der Waals surface area contributed by atoms with Gasteiger partial charge in [0.15, 0.2) is 0 Å². The number of hydrogen-bond acceptors (Lipinski definition) is 3. The number of hydrogen-bond donors (Lipinski definition) is 3. The Morgan fingerprint density at radius 2 is 2.05 bits per heavy atom. The molecule has 0 radical (unpaired) electrons. The van der Waals surface area contributed by atoms with E-state index in [9.17, 15) is 14.0 Å². The molecule has 5 nitrogen and oxygen atoms in total. The maximum atomic E-state index is 13.5. The average Bonchev–Trinajstić information content (AvgIpc) is 2.31. The van der Waals surface area contributed by atoms with Crippen LogP contribution in [0.1, 0.15) is 30.6 Å². The number of halogens is 1. The molecule has 0 spiro atoms. The van der Waals surface area contributed by atoms with Crippen LogP contribution in [0, 0.1) is 5.82 Å². The molecule has 4 N–H and O–H groups in total. The van der Waals surface area contributed by atoms with E-state index in [2.05, 4.69) is 10.6 Å². The standard InChI is InChI=1S/C13H18FN3O2/c1-8(2)16-6-5-12(18)17-11-7-9(13(15)19)3-4-10(11)14/h3-4,7-8,16H,5-6H2,1-2H3,(H2,15,19)(H,17,18). The van der Waals surface area contributed by atoms with Crippen LogP contribution in [0.25, 0.3) is 0 Å². The Hall–Kier alpha value is -1.95. The first-order chi connectivity index (χ1) is 8.90. The molecule has 1 aromatic rings. The van der Waals surface area contributed by atoms with Crippen LogP contribution in [0.2, 0.25) is 0 Å². The summed E-state index contributed by atoms with van der Waals surface area (Å²) in [5.74, 6) is -1.60. The van der Waals surface area contributed by atoms with Gasteiger partial charge in [-0.2, -0.15) is 0 Å². The largest absolute Gasteiger partial charge is 0.366 e. The molecule has 0 aliphatic heterocycles. The van der Waals surface area contributed by atoms with Crippen molar-refractivity contribution in [2.24, 2.45) is 5.73 Å². The van der Waals surface area contributed by atoms with Crippen LogP contribution in [0.3, 0.4) is 0 Å². The molecule has 0 atom stereocenters. The van der Waals surface area contributed by atoms with Gasteiger partial charge in [0.1, 0.15) is 5.82 Å². The van der Waals surface area contributed by atoms with Gasteiger partial charge in [-0.05, 0) is 18.2 Å². The molecule has 0 aliphatic carbocycles. The Balaban J connectivity index is 2.63. The van der Waals surface area contributed by atoms with Crippen LogP contribution in [-0.2, 0) is 4.79 Å². The Bertz CT molecular complexity index is 475. The third-order valence-electron chi connectivity index (χ3n) is 2.43. The van der Waals surface area contributed by atoms with E-state index in [4.69, 9.17) is 5.73 Å². The van der Waals surface area contributed by atoms with Crippen molar-refractivity contribution < 1.29 is 14.0 Å². The molecule has 0 saturated heterocycles. The topological polar surface area (TPSA) is 84.2 Å². The van der Waals surface area contributed by atoms with E-state index < -0.39 is 11.7 Å². The lowest BCUT2D eigenvalue weighted by Gasteiger charge is -2.09. The fraction of sp³-hybridized carbons (Fsp3) is 0.385. The molecule has 0 unspecified atom stereocenters. The van der Waals surface area contributed by atoms with Crippen molar-refractivity contribution in [3.8, 4) is 0 Å². The maximum Gasteiger partial charge on any atom is 0.248 e. The Kier molecular flexibility index (Phi) is 5.44. The lowest BCUT2D eigenvalue weighted by atomic mass is 10.2. The number of amides is 2. The second-order valence-corrected chi connectivity index (χ2v) is 4.47. The maximum absolute atomic E-state index is 13.5. The van der Waals surface area contributed by atoms with Crippen molar-refractivity contribution in [1.82, 2.24) is 5.32 Å². The van der Waals surface area contributed by atoms with Gasteiger partial charge in [-0.3, -0.25) is 9.59 Å². The fourth-order valence-corrected chi connectivity index (χ4v) is 1.46. The molecular formula is C13H18FN3O2. The Labute approximate surface area is 111 Å². The van der Waals surface area contributed by atoms with Gasteiger partial charge in [0.05, 0.1) is 5.69 Å². The molecule has 104 valence electrons. The zero-order chi connectivity index (χ0) is 14.4. The molecule has 0 fully saturated rings. The van der Waals surface area contributed by atoms with Crippen molar-refractivity contribution in [3.05, 3.63) is 29.6 Å². The predicted octanol–water partition coefficient (Wildman–Crippen LogP) is 1.25. The molecule has 0 heterocycles. The molecule has 0 saturated carbocycles. The number of nitrogens with one attached hydrogen (secondary N) is 2. The predicted molar refractivity (Wildman–Crippen MR) is 71.3 cm³/mol. The summed E-state index contributed by atoms with van der Waals surface area (Å²) in [6.45, 7) is 4.43. The number of primary amides is 1. The summed E-state index contributed by atoms with van der Waals surface area (Å²) < 4.78 is 13.5. The van der Waals surface area contributed by atoms with E-state index in [-0.39, 0.29) is 29.6 Å². The van der Waals surface area contributed by atoms with Gasteiger partial charge in [-0.1, -0.05) is 13.8 Å². The molecule has 0 bridgehead atoms. The number of benzene rings is 1. The zero-order valence-corrected chi connectivity index (χ0v) is 11.0. The number of nitrogens with two attached hydrogens (primary N) is 1. The number of rotatable bonds is 6. The first-order valence-electron chi connectivity index (χ1n) is 6.02. The fourth-order valence-electron chi connectivity index (χ4n) is 1.46. The quantitative estimate of drug-likeness (QED) is 0.725. The van der Waals surface area contributed by atoms with Crippen LogP contribution < -0.4 is 16.4 Å². The van der Waals surface area contributed by atoms with E-state index >= 15 is 0 Å². The van der Waals surface area contributed by atoms with Gasteiger partial charge >= 0.3 is 0 Å². The SMILES string of the molecule is CC(C)NCCC(=O)Nc1cc(C(N)=O)ccc1F. The van der Waals surface area contributed by atoms with Crippen molar-refractivity contribution in [3.63, 3.8) is 0 Å². The van der Waals surface area contributed by atoms with Crippen LogP contribution in [-0.4, -0.2) is 24.4 Å². The third-order valence-corrected chi connectivity index (χ3v) is 2.43. The minimum atomic E-state index is -0.669. The number of carbonyl (C=O) groups excluding carboxylic acids is 2. The van der Waals surface area contributed by atoms with Gasteiger partial charge in [-0.15, -0.1) is 0 Å². The molecule has 6 heteroatoms. The first kappa shape index (κ1) is 15.1. The van der Waals surface area contributed by atoms with E-state index in [1.165, 1.54) is 12.1 Å². The van der Waals surface area contributed by atoms with E-state index in [1.54, 1.807) is 0 Å². The molecule has 2 amide bonds. The lowest BCUT2D eigenvalue weighted by molar-refractivity contribution is -0.116. The zero-order valence-electron chi connectivity index (χ0n) is 11.0. The normalized spacial score (nSPS) is 10.5. The molecule has 1 rings (SSSR count). The number of carbonyl (C=O) groups is 2. The minimum absolute atomic E-state index is 0.0363. The van der Waals surface area contributed by atoms with Gasteiger partial charge < -0.3 is 16.4 Å². The van der Waals surface area contributed by atoms with Crippen LogP contribution in [0.15, 0.2) is 18.2 Å². The molecule has 1 aromatic carbocycles. The molecule has 19 heavy (non-hydrogen) atoms. The summed E-state index contributed by atoms with van der Waals surface area (Å²) >= 11 is 0. The summed E-state index contributed by atoms with van der Waals surface area (Å²) in [7, 11) is 0. The second-order valence-electron chi connectivity index (χ2n) is 4.47. The first-order valence-corrected chi connectivity index (χ1v) is 6.02. The summed E-state index contributed by atoms with van der Waals surface area (Å²) in [6, 6.07) is 3.88. The summed E-state index contributed by atoms with van der Waals surface area (Å²) in [6.07, 6.45) is 0.221. The highest BCUT2D eigenvalue weighted by atomic mass is 19.1. The highest BCUT2D eigenvalue weighted by Gasteiger charge is 2.10. The van der Waals surface area contributed by atoms with E-state index in [1.807, 2.05) is 13.8 Å². The highest BCUT2D eigenvalue weighted by molar-refractivity contribution is 5.96. The lowest BCUT2D eigenvalue weighted by Crippen LogP contribution is -2.27. The average molecular weight is 267 g/mol. The van der Waals surface area contributed by atoms with Crippen molar-refractivity contribution >= 4 is 17.5 Å². The van der Waals surface area contributed by atoms with Crippen LogP contribution in [0.4, 0.5) is 10.1 Å². The minimum Gasteiger partial charge on any atom is -0.366 e. The Morgan fingerprint density at radius 3 is 2.63 bits per heavy atom. The van der Waals surface area contributed by atoms with Crippen molar-refractivity contribution in [2.45, 2.75) is 26.3 Å². The summed E-state index contributed by atoms with van der Waals surface area (Å²) in [4.78, 5) is 22.6. The van der Waals surface area contributed by atoms with Crippen molar-refractivity contribution in [2.75, 3.05) is 11.9 Å². The van der Waals surface area contributed by atoms with Gasteiger partial charge in [-0.25, -0.2) is 4.39 Å². The van der Waals surface area contributed by atoms with Crippen molar-refractivity contribution in [1.29, 1.82) is 0 Å². The Morgan fingerprint density at radius 1 is 1.37 bits per heavy atom. The smallest absolute Gasteiger partial charge is 0.248 e. The number of anilines is 1. The van der Waals surface area contributed by atoms with Crippen LogP contribution in [0.5, 0.6) is 0 Å². The molecular weight excluding hydrogens is 249 g/mol. The van der Waals surface area contributed by atoms with Gasteiger partial charge in [0.2, 0.25) is 11.8 Å². The monoisotopic (exact) mass is 267 g/mol.